The smallest absolute Gasteiger partial charge is 0.364 e. The first-order valence-corrected chi connectivity index (χ1v) is 9.78. The average molecular weight is 426 g/mol. The number of alkyl halides is 3. The van der Waals surface area contributed by atoms with Gasteiger partial charge in [0.05, 0.1) is 11.9 Å². The first kappa shape index (κ1) is 20.6. The maximum atomic E-state index is 13.0. The van der Waals surface area contributed by atoms with Crippen LogP contribution in [0.25, 0.3) is 11.2 Å². The summed E-state index contributed by atoms with van der Waals surface area (Å²) in [6.07, 6.45) is -2.70. The second-order valence-electron chi connectivity index (χ2n) is 7.36. The third-order valence-corrected chi connectivity index (χ3v) is 4.72. The van der Waals surface area contributed by atoms with Crippen molar-refractivity contribution in [2.45, 2.75) is 32.6 Å². The summed E-state index contributed by atoms with van der Waals surface area (Å²) < 4.78 is 41.0. The van der Waals surface area contributed by atoms with Gasteiger partial charge in [0.1, 0.15) is 0 Å². The summed E-state index contributed by atoms with van der Waals surface area (Å²) in [7, 11) is 0. The van der Waals surface area contributed by atoms with Gasteiger partial charge in [0.2, 0.25) is 5.95 Å². The highest BCUT2D eigenvalue weighted by molar-refractivity contribution is 5.84. The lowest BCUT2D eigenvalue weighted by atomic mass is 10.1. The van der Waals surface area contributed by atoms with E-state index in [1.165, 1.54) is 6.07 Å². The van der Waals surface area contributed by atoms with Crippen molar-refractivity contribution in [1.82, 2.24) is 19.5 Å². The second kappa shape index (κ2) is 8.25. The summed E-state index contributed by atoms with van der Waals surface area (Å²) >= 11 is 0. The van der Waals surface area contributed by atoms with Crippen LogP contribution in [-0.4, -0.2) is 19.5 Å². The summed E-state index contributed by atoms with van der Waals surface area (Å²) in [6.45, 7) is 4.20. The monoisotopic (exact) mass is 426 g/mol. The van der Waals surface area contributed by atoms with Crippen LogP contribution >= 0.6 is 0 Å². The van der Waals surface area contributed by atoms with Crippen molar-refractivity contribution in [2.24, 2.45) is 0 Å². The molecule has 0 bridgehead atoms. The molecule has 0 radical (unpaired) electrons. The molecule has 2 N–H and O–H groups in total. The van der Waals surface area contributed by atoms with Crippen LogP contribution in [0.15, 0.2) is 60.9 Å². The molecule has 0 aliphatic heterocycles. The van der Waals surface area contributed by atoms with Crippen LogP contribution in [0.3, 0.4) is 0 Å². The number of fused-ring (bicyclic) bond motifs is 1. The second-order valence-corrected chi connectivity index (χ2v) is 7.36. The highest BCUT2D eigenvalue weighted by atomic mass is 19.4. The highest BCUT2D eigenvalue weighted by Crippen LogP contribution is 2.30. The quantitative estimate of drug-likeness (QED) is 0.409. The molecule has 0 unspecified atom stereocenters. The zero-order valence-corrected chi connectivity index (χ0v) is 17.0. The number of para-hydroxylation sites is 1. The molecule has 2 aromatic carbocycles. The summed E-state index contributed by atoms with van der Waals surface area (Å²) in [5.41, 5.74) is 1.81. The van der Waals surface area contributed by atoms with Crippen molar-refractivity contribution in [3.63, 3.8) is 0 Å². The standard InChI is InChI=1S/C22H21F3N6/c1-14(2)31-13-27-18-19(26-12-15-7-6-8-16(11-15)22(23,24)25)29-21(30-20(18)31)28-17-9-4-3-5-10-17/h3-11,13-14H,12H2,1-2H3,(H2,26,28,29,30). The molecule has 160 valence electrons. The van der Waals surface area contributed by atoms with Gasteiger partial charge in [-0.1, -0.05) is 30.3 Å². The number of imidazole rings is 1. The van der Waals surface area contributed by atoms with Gasteiger partial charge >= 0.3 is 6.18 Å². The van der Waals surface area contributed by atoms with Gasteiger partial charge in [0.25, 0.3) is 0 Å². The number of nitrogens with zero attached hydrogens (tertiary/aromatic N) is 4. The van der Waals surface area contributed by atoms with E-state index in [0.717, 1.165) is 17.8 Å². The Morgan fingerprint density at radius 1 is 1.00 bits per heavy atom. The Morgan fingerprint density at radius 2 is 1.77 bits per heavy atom. The zero-order chi connectivity index (χ0) is 22.0. The molecule has 9 heteroatoms. The van der Waals surface area contributed by atoms with Gasteiger partial charge in [-0.25, -0.2) is 4.98 Å². The van der Waals surface area contributed by atoms with E-state index in [1.54, 1.807) is 12.4 Å². The highest BCUT2D eigenvalue weighted by Gasteiger charge is 2.30. The molecular weight excluding hydrogens is 405 g/mol. The Labute approximate surface area is 177 Å². The molecule has 0 aliphatic rings. The van der Waals surface area contributed by atoms with E-state index in [4.69, 9.17) is 0 Å². The minimum absolute atomic E-state index is 0.126. The minimum Gasteiger partial charge on any atom is -0.364 e. The number of halogens is 3. The average Bonchev–Trinajstić information content (AvgIpc) is 3.17. The van der Waals surface area contributed by atoms with Crippen LogP contribution in [-0.2, 0) is 12.7 Å². The van der Waals surface area contributed by atoms with Gasteiger partial charge in [-0.15, -0.1) is 0 Å². The Bertz CT molecular complexity index is 1190. The maximum Gasteiger partial charge on any atom is 0.416 e. The van der Waals surface area contributed by atoms with E-state index < -0.39 is 11.7 Å². The first-order valence-electron chi connectivity index (χ1n) is 9.78. The van der Waals surface area contributed by atoms with E-state index in [-0.39, 0.29) is 12.6 Å². The minimum atomic E-state index is -4.39. The summed E-state index contributed by atoms with van der Waals surface area (Å²) in [6, 6.07) is 14.8. The lowest BCUT2D eigenvalue weighted by molar-refractivity contribution is -0.137. The topological polar surface area (TPSA) is 67.7 Å². The van der Waals surface area contributed by atoms with Crippen LogP contribution < -0.4 is 10.6 Å². The predicted molar refractivity (Wildman–Crippen MR) is 114 cm³/mol. The lowest BCUT2D eigenvalue weighted by Gasteiger charge is -2.13. The van der Waals surface area contributed by atoms with Crippen LogP contribution in [0.2, 0.25) is 0 Å². The largest absolute Gasteiger partial charge is 0.416 e. The molecule has 6 nitrogen and oxygen atoms in total. The van der Waals surface area contributed by atoms with E-state index in [1.807, 2.05) is 48.7 Å². The normalized spacial score (nSPS) is 11.8. The van der Waals surface area contributed by atoms with Crippen LogP contribution in [0.4, 0.5) is 30.6 Å². The van der Waals surface area contributed by atoms with Gasteiger partial charge in [0, 0.05) is 18.3 Å². The number of aromatic nitrogens is 4. The fourth-order valence-electron chi connectivity index (χ4n) is 3.17. The summed E-state index contributed by atoms with van der Waals surface area (Å²) in [4.78, 5) is 13.6. The molecule has 2 heterocycles. The van der Waals surface area contributed by atoms with Crippen molar-refractivity contribution in [3.05, 3.63) is 72.1 Å². The predicted octanol–water partition coefficient (Wildman–Crippen LogP) is 5.78. The van der Waals surface area contributed by atoms with E-state index in [2.05, 4.69) is 25.6 Å². The first-order chi connectivity index (χ1) is 14.8. The maximum absolute atomic E-state index is 13.0. The lowest BCUT2D eigenvalue weighted by Crippen LogP contribution is -2.09. The fourth-order valence-corrected chi connectivity index (χ4v) is 3.17. The SMILES string of the molecule is CC(C)n1cnc2c(NCc3cccc(C(F)(F)F)c3)nc(Nc3ccccc3)nc21. The summed E-state index contributed by atoms with van der Waals surface area (Å²) in [5, 5.41) is 6.29. The summed E-state index contributed by atoms with van der Waals surface area (Å²) in [5.74, 6) is 0.813. The third kappa shape index (κ3) is 4.60. The molecular formula is C22H21F3N6. The Morgan fingerprint density at radius 3 is 2.48 bits per heavy atom. The van der Waals surface area contributed by atoms with Crippen molar-refractivity contribution in [3.8, 4) is 0 Å². The van der Waals surface area contributed by atoms with Gasteiger partial charge in [-0.05, 0) is 43.7 Å². The van der Waals surface area contributed by atoms with Crippen molar-refractivity contribution >= 4 is 28.6 Å². The van der Waals surface area contributed by atoms with Gasteiger partial charge < -0.3 is 15.2 Å². The van der Waals surface area contributed by atoms with Crippen molar-refractivity contribution < 1.29 is 13.2 Å². The van der Waals surface area contributed by atoms with Gasteiger partial charge in [-0.2, -0.15) is 23.1 Å². The number of benzene rings is 2. The molecule has 0 atom stereocenters. The molecule has 0 saturated heterocycles. The molecule has 0 fully saturated rings. The number of anilines is 3. The Hall–Kier alpha value is -3.62. The number of nitrogens with one attached hydrogen (secondary N) is 2. The molecule has 4 aromatic rings. The van der Waals surface area contributed by atoms with E-state index in [9.17, 15) is 13.2 Å². The molecule has 0 spiro atoms. The number of rotatable bonds is 6. The zero-order valence-electron chi connectivity index (χ0n) is 17.0. The molecule has 0 amide bonds. The number of hydrogen-bond donors (Lipinski definition) is 2. The van der Waals surface area contributed by atoms with E-state index in [0.29, 0.717) is 28.5 Å². The molecule has 2 aromatic heterocycles. The van der Waals surface area contributed by atoms with E-state index >= 15 is 0 Å². The molecule has 4 rings (SSSR count). The van der Waals surface area contributed by atoms with Crippen molar-refractivity contribution in [1.29, 1.82) is 0 Å². The van der Waals surface area contributed by atoms with Crippen LogP contribution in [0.1, 0.15) is 31.0 Å². The van der Waals surface area contributed by atoms with Crippen LogP contribution in [0.5, 0.6) is 0 Å². The fraction of sp³-hybridized carbons (Fsp3) is 0.227. The molecule has 0 saturated carbocycles. The Kier molecular flexibility index (Phi) is 5.50. The molecule has 0 aliphatic carbocycles. The molecule has 31 heavy (non-hydrogen) atoms. The Balaban J connectivity index is 1.67. The van der Waals surface area contributed by atoms with Gasteiger partial charge in [0.15, 0.2) is 17.0 Å². The third-order valence-electron chi connectivity index (χ3n) is 4.72. The van der Waals surface area contributed by atoms with Crippen molar-refractivity contribution in [2.75, 3.05) is 10.6 Å². The van der Waals surface area contributed by atoms with Crippen LogP contribution in [0, 0.1) is 0 Å². The van der Waals surface area contributed by atoms with Gasteiger partial charge in [-0.3, -0.25) is 0 Å². The number of hydrogen-bond acceptors (Lipinski definition) is 5.